The van der Waals surface area contributed by atoms with Crippen molar-refractivity contribution in [3.05, 3.63) is 26.3 Å². The van der Waals surface area contributed by atoms with Crippen molar-refractivity contribution in [1.82, 2.24) is 5.32 Å². The average Bonchev–Trinajstić information content (AvgIpc) is 2.28. The summed E-state index contributed by atoms with van der Waals surface area (Å²) in [7, 11) is 3.75. The van der Waals surface area contributed by atoms with Gasteiger partial charge in [0.15, 0.2) is 0 Å². The number of hydrogen-bond donors (Lipinski definition) is 2. The molecule has 1 aliphatic carbocycles. The number of phenols is 1. The van der Waals surface area contributed by atoms with E-state index in [0.717, 1.165) is 15.6 Å². The highest BCUT2D eigenvalue weighted by Gasteiger charge is 2.29. The lowest BCUT2D eigenvalue weighted by Crippen LogP contribution is -2.24. The number of phenolic OH excluding ortho intramolecular Hbond substituents is 1. The maximum absolute atomic E-state index is 9.93. The third-order valence-corrected chi connectivity index (χ3v) is 4.41. The third kappa shape index (κ3) is 3.18. The van der Waals surface area contributed by atoms with Gasteiger partial charge in [0, 0.05) is 0 Å². The van der Waals surface area contributed by atoms with Crippen molar-refractivity contribution in [2.75, 3.05) is 14.1 Å². The summed E-state index contributed by atoms with van der Waals surface area (Å²) in [6.45, 7) is 6.65. The molecule has 2 N–H and O–H groups in total. The zero-order valence-electron chi connectivity index (χ0n) is 12.0. The molecule has 0 radical (unpaired) electrons. The van der Waals surface area contributed by atoms with Crippen molar-refractivity contribution in [3.8, 4) is 5.75 Å². The van der Waals surface area contributed by atoms with E-state index in [1.165, 1.54) is 24.0 Å². The van der Waals surface area contributed by atoms with Crippen LogP contribution in [0.3, 0.4) is 0 Å². The first-order chi connectivity index (χ1) is 8.35. The average molecular weight is 361 g/mol. The Morgan fingerprint density at radius 1 is 1.33 bits per heavy atom. The van der Waals surface area contributed by atoms with Gasteiger partial charge in [-0.2, -0.15) is 0 Å². The second kappa shape index (κ2) is 6.24. The van der Waals surface area contributed by atoms with Crippen LogP contribution in [0, 0.1) is 10.5 Å². The molecule has 0 bridgehead atoms. The van der Waals surface area contributed by atoms with Gasteiger partial charge in [0.25, 0.3) is 0 Å². The van der Waals surface area contributed by atoms with E-state index in [-0.39, 0.29) is 5.41 Å². The first-order valence-corrected chi connectivity index (χ1v) is 7.53. The van der Waals surface area contributed by atoms with Crippen LogP contribution in [-0.2, 0) is 11.8 Å². The van der Waals surface area contributed by atoms with Gasteiger partial charge in [-0.25, -0.2) is 0 Å². The van der Waals surface area contributed by atoms with Gasteiger partial charge in [-0.15, -0.1) is 0 Å². The first-order valence-electron chi connectivity index (χ1n) is 6.45. The lowest BCUT2D eigenvalue weighted by atomic mass is 9.71. The third-order valence-electron chi connectivity index (χ3n) is 3.59. The number of fused-ring (bicyclic) bond motifs is 1. The molecule has 2 rings (SSSR count). The van der Waals surface area contributed by atoms with E-state index in [2.05, 4.69) is 47.8 Å². The molecular weight excluding hydrogens is 337 g/mol. The van der Waals surface area contributed by atoms with Crippen LogP contribution < -0.4 is 5.32 Å². The molecule has 1 aromatic rings. The topological polar surface area (TPSA) is 32.3 Å². The lowest BCUT2D eigenvalue weighted by Gasteiger charge is -2.34. The molecule has 102 valence electrons. The first kappa shape index (κ1) is 15.8. The molecule has 0 spiro atoms. The van der Waals surface area contributed by atoms with Crippen molar-refractivity contribution < 1.29 is 5.11 Å². The number of hydrogen-bond acceptors (Lipinski definition) is 2. The Morgan fingerprint density at radius 3 is 2.44 bits per heavy atom. The molecule has 18 heavy (non-hydrogen) atoms. The van der Waals surface area contributed by atoms with Gasteiger partial charge in [-0.05, 0) is 91.0 Å². The summed E-state index contributed by atoms with van der Waals surface area (Å²) in [5, 5.41) is 12.7. The molecule has 0 amide bonds. The normalized spacial score (nSPS) is 16.6. The van der Waals surface area contributed by atoms with E-state index >= 15 is 0 Å². The van der Waals surface area contributed by atoms with Crippen molar-refractivity contribution in [1.29, 1.82) is 0 Å². The highest BCUT2D eigenvalue weighted by molar-refractivity contribution is 14.1. The summed E-state index contributed by atoms with van der Waals surface area (Å²) in [6.07, 6.45) is 3.61. The molecular formula is C15H24INO. The Morgan fingerprint density at radius 2 is 1.89 bits per heavy atom. The highest BCUT2D eigenvalue weighted by Crippen LogP contribution is 2.42. The van der Waals surface area contributed by atoms with Crippen LogP contribution in [0.2, 0.25) is 0 Å². The second-order valence-corrected chi connectivity index (χ2v) is 6.76. The zero-order valence-corrected chi connectivity index (χ0v) is 14.2. The lowest BCUT2D eigenvalue weighted by molar-refractivity contribution is 0.422. The molecule has 1 aliphatic rings. The highest BCUT2D eigenvalue weighted by atomic mass is 127. The zero-order chi connectivity index (χ0) is 13.9. The van der Waals surface area contributed by atoms with Gasteiger partial charge in [0.2, 0.25) is 0 Å². The molecule has 0 heterocycles. The fourth-order valence-electron chi connectivity index (χ4n) is 2.57. The van der Waals surface area contributed by atoms with Gasteiger partial charge < -0.3 is 10.4 Å². The molecule has 0 aromatic heterocycles. The summed E-state index contributed by atoms with van der Waals surface area (Å²) in [4.78, 5) is 0. The van der Waals surface area contributed by atoms with E-state index in [9.17, 15) is 5.11 Å². The number of rotatable bonds is 0. The van der Waals surface area contributed by atoms with E-state index in [4.69, 9.17) is 0 Å². The largest absolute Gasteiger partial charge is 0.507 e. The van der Waals surface area contributed by atoms with Gasteiger partial charge >= 0.3 is 0 Å². The molecule has 0 atom stereocenters. The SMILES string of the molecule is CNC.Cc1c(O)c(I)cc2c1CCCC2(C)C. The number of aromatic hydroxyl groups is 1. The summed E-state index contributed by atoms with van der Waals surface area (Å²) < 4.78 is 0.985. The molecule has 0 unspecified atom stereocenters. The van der Waals surface area contributed by atoms with Crippen molar-refractivity contribution in [2.24, 2.45) is 0 Å². The van der Waals surface area contributed by atoms with E-state index in [1.807, 2.05) is 21.0 Å². The molecule has 0 saturated carbocycles. The van der Waals surface area contributed by atoms with Crippen LogP contribution in [-0.4, -0.2) is 19.2 Å². The summed E-state index contributed by atoms with van der Waals surface area (Å²) in [5.41, 5.74) is 4.17. The van der Waals surface area contributed by atoms with Crippen molar-refractivity contribution in [2.45, 2.75) is 45.4 Å². The van der Waals surface area contributed by atoms with Crippen LogP contribution in [0.5, 0.6) is 5.75 Å². The van der Waals surface area contributed by atoms with Gasteiger partial charge in [-0.3, -0.25) is 0 Å². The standard InChI is InChI=1S/C13H17IO.C2H7N/c1-8-9-5-4-6-13(2,3)10(9)7-11(14)12(8)15;1-3-2/h7,15H,4-6H2,1-3H3;3H,1-2H3. The van der Waals surface area contributed by atoms with Gasteiger partial charge in [0.05, 0.1) is 3.57 Å². The molecule has 1 aromatic carbocycles. The second-order valence-electron chi connectivity index (χ2n) is 5.60. The molecule has 0 fully saturated rings. The summed E-state index contributed by atoms with van der Waals surface area (Å²) in [5.74, 6) is 0.479. The van der Waals surface area contributed by atoms with Crippen molar-refractivity contribution >= 4 is 22.6 Å². The van der Waals surface area contributed by atoms with E-state index in [1.54, 1.807) is 0 Å². The van der Waals surface area contributed by atoms with Crippen LogP contribution >= 0.6 is 22.6 Å². The van der Waals surface area contributed by atoms with Gasteiger partial charge in [-0.1, -0.05) is 13.8 Å². The minimum absolute atomic E-state index is 0.270. The Bertz CT molecular complexity index is 427. The maximum atomic E-state index is 9.93. The Kier molecular flexibility index (Phi) is 5.46. The van der Waals surface area contributed by atoms with E-state index < -0.39 is 0 Å². The van der Waals surface area contributed by atoms with Crippen LogP contribution in [0.15, 0.2) is 6.07 Å². The fraction of sp³-hybridized carbons (Fsp3) is 0.600. The molecule has 0 aliphatic heterocycles. The predicted molar refractivity (Wildman–Crippen MR) is 86.5 cm³/mol. The number of nitrogens with one attached hydrogen (secondary N) is 1. The minimum atomic E-state index is 0.270. The maximum Gasteiger partial charge on any atom is 0.132 e. The molecule has 2 nitrogen and oxygen atoms in total. The monoisotopic (exact) mass is 361 g/mol. The van der Waals surface area contributed by atoms with Gasteiger partial charge in [0.1, 0.15) is 5.75 Å². The van der Waals surface area contributed by atoms with Crippen LogP contribution in [0.4, 0.5) is 0 Å². The number of halogens is 1. The molecule has 3 heteroatoms. The Balaban J connectivity index is 0.000000492. The Hall–Kier alpha value is -0.290. The molecule has 0 saturated heterocycles. The van der Waals surface area contributed by atoms with Crippen molar-refractivity contribution in [3.63, 3.8) is 0 Å². The summed E-state index contributed by atoms with van der Waals surface area (Å²) >= 11 is 2.22. The van der Waals surface area contributed by atoms with Crippen LogP contribution in [0.25, 0.3) is 0 Å². The number of benzene rings is 1. The summed E-state index contributed by atoms with van der Waals surface area (Å²) in [6, 6.07) is 2.16. The predicted octanol–water partition coefficient (Wildman–Crippen LogP) is 3.75. The quantitative estimate of drug-likeness (QED) is 0.690. The fourth-order valence-corrected chi connectivity index (χ4v) is 3.29. The van der Waals surface area contributed by atoms with E-state index in [0.29, 0.717) is 5.75 Å². The Labute approximate surface area is 124 Å². The van der Waals surface area contributed by atoms with Crippen LogP contribution in [0.1, 0.15) is 43.4 Å². The minimum Gasteiger partial charge on any atom is -0.507 e. The smallest absolute Gasteiger partial charge is 0.132 e.